The summed E-state index contributed by atoms with van der Waals surface area (Å²) in [6.07, 6.45) is 2.53. The van der Waals surface area contributed by atoms with Crippen LogP contribution in [-0.2, 0) is 14.3 Å². The zero-order valence-corrected chi connectivity index (χ0v) is 12.2. The lowest BCUT2D eigenvalue weighted by Gasteiger charge is -2.21. The smallest absolute Gasteiger partial charge is 0.310 e. The maximum Gasteiger partial charge on any atom is 0.310 e. The Morgan fingerprint density at radius 2 is 1.65 bits per heavy atom. The summed E-state index contributed by atoms with van der Waals surface area (Å²) in [5.74, 6) is -2.84. The number of nitrogens with one attached hydrogen (secondary N) is 1. The Kier molecular flexibility index (Phi) is 3.16. The first kappa shape index (κ1) is 14.0. The summed E-state index contributed by atoms with van der Waals surface area (Å²) in [7, 11) is 0. The number of hydrogen-bond donors (Lipinski definition) is 2. The van der Waals surface area contributed by atoms with Crippen molar-refractivity contribution in [3.8, 4) is 0 Å². The van der Waals surface area contributed by atoms with Gasteiger partial charge in [0.1, 0.15) is 5.92 Å². The van der Waals surface area contributed by atoms with Crippen LogP contribution in [0.3, 0.4) is 0 Å². The van der Waals surface area contributed by atoms with Crippen molar-refractivity contribution < 1.29 is 19.4 Å². The third-order valence-electron chi connectivity index (χ3n) is 4.50. The summed E-state index contributed by atoms with van der Waals surface area (Å²) >= 11 is 0. The molecule has 4 unspecified atom stereocenters. The van der Waals surface area contributed by atoms with Crippen molar-refractivity contribution in [2.75, 3.05) is 5.32 Å². The molecular weight excluding hydrogens is 294 g/mol. The molecule has 2 bridgehead atoms. The molecule has 4 atom stereocenters. The van der Waals surface area contributed by atoms with E-state index in [4.69, 9.17) is 4.74 Å². The number of hydrogen-bond acceptors (Lipinski definition) is 3. The summed E-state index contributed by atoms with van der Waals surface area (Å²) in [6.45, 7) is 0. The maximum absolute atomic E-state index is 12.6. The van der Waals surface area contributed by atoms with E-state index in [1.54, 1.807) is 12.2 Å². The first-order chi connectivity index (χ1) is 11.1. The second-order valence-electron chi connectivity index (χ2n) is 5.89. The number of aliphatic carboxylic acids is 1. The molecule has 0 aliphatic carbocycles. The lowest BCUT2D eigenvalue weighted by Crippen LogP contribution is -2.39. The monoisotopic (exact) mass is 309 g/mol. The van der Waals surface area contributed by atoms with Crippen molar-refractivity contribution in [1.82, 2.24) is 0 Å². The van der Waals surface area contributed by atoms with Gasteiger partial charge in [0.25, 0.3) is 0 Å². The molecule has 0 radical (unpaired) electrons. The first-order valence-electron chi connectivity index (χ1n) is 7.50. The number of rotatable bonds is 3. The van der Waals surface area contributed by atoms with Crippen LogP contribution in [0.25, 0.3) is 10.8 Å². The van der Waals surface area contributed by atoms with Gasteiger partial charge in [-0.15, -0.1) is 0 Å². The molecule has 5 heteroatoms. The van der Waals surface area contributed by atoms with Crippen LogP contribution in [0.4, 0.5) is 5.69 Å². The van der Waals surface area contributed by atoms with Gasteiger partial charge in [-0.3, -0.25) is 9.59 Å². The van der Waals surface area contributed by atoms with E-state index in [9.17, 15) is 14.7 Å². The molecule has 2 heterocycles. The van der Waals surface area contributed by atoms with Gasteiger partial charge in [0.15, 0.2) is 0 Å². The van der Waals surface area contributed by atoms with Crippen molar-refractivity contribution in [1.29, 1.82) is 0 Å². The Bertz CT molecular complexity index is 829. The van der Waals surface area contributed by atoms with Gasteiger partial charge < -0.3 is 15.2 Å². The normalized spacial score (nSPS) is 28.2. The van der Waals surface area contributed by atoms with Crippen molar-refractivity contribution >= 4 is 28.3 Å². The zero-order valence-electron chi connectivity index (χ0n) is 12.2. The molecule has 2 aliphatic heterocycles. The van der Waals surface area contributed by atoms with Crippen LogP contribution in [0.1, 0.15) is 0 Å². The highest BCUT2D eigenvalue weighted by molar-refractivity contribution is 5.98. The highest BCUT2D eigenvalue weighted by Gasteiger charge is 2.53. The number of ether oxygens (including phenoxy) is 1. The zero-order chi connectivity index (χ0) is 16.0. The minimum Gasteiger partial charge on any atom is -0.481 e. The third-order valence-corrected chi connectivity index (χ3v) is 4.50. The molecule has 1 fully saturated rings. The second-order valence-corrected chi connectivity index (χ2v) is 5.89. The Hall–Kier alpha value is -2.66. The van der Waals surface area contributed by atoms with Gasteiger partial charge in [-0.25, -0.2) is 0 Å². The van der Waals surface area contributed by atoms with E-state index in [-0.39, 0.29) is 5.91 Å². The summed E-state index contributed by atoms with van der Waals surface area (Å²) < 4.78 is 5.54. The fourth-order valence-electron chi connectivity index (χ4n) is 3.41. The molecule has 23 heavy (non-hydrogen) atoms. The van der Waals surface area contributed by atoms with Crippen molar-refractivity contribution in [2.45, 2.75) is 12.2 Å². The second kappa shape index (κ2) is 5.21. The fourth-order valence-corrected chi connectivity index (χ4v) is 3.41. The van der Waals surface area contributed by atoms with Crippen molar-refractivity contribution in [3.63, 3.8) is 0 Å². The summed E-state index contributed by atoms with van der Waals surface area (Å²) in [5.41, 5.74) is 0.657. The van der Waals surface area contributed by atoms with Gasteiger partial charge in [0.2, 0.25) is 5.91 Å². The predicted molar refractivity (Wildman–Crippen MR) is 85.0 cm³/mol. The maximum atomic E-state index is 12.6. The number of carboxylic acids is 1. The average molecular weight is 309 g/mol. The number of carboxylic acid groups (broad SMARTS) is 1. The van der Waals surface area contributed by atoms with E-state index in [1.165, 1.54) is 0 Å². The lowest BCUT2D eigenvalue weighted by atomic mass is 9.82. The molecule has 4 rings (SSSR count). The number of amides is 1. The number of benzene rings is 2. The Morgan fingerprint density at radius 3 is 2.39 bits per heavy atom. The van der Waals surface area contributed by atoms with E-state index in [2.05, 4.69) is 5.32 Å². The van der Waals surface area contributed by atoms with Gasteiger partial charge in [-0.2, -0.15) is 0 Å². The predicted octanol–water partition coefficient (Wildman–Crippen LogP) is 2.43. The van der Waals surface area contributed by atoms with Crippen LogP contribution in [0.5, 0.6) is 0 Å². The number of carbonyl (C=O) groups excluding carboxylic acids is 1. The van der Waals surface area contributed by atoms with Crippen molar-refractivity contribution in [2.24, 2.45) is 11.8 Å². The molecule has 0 aromatic heterocycles. The van der Waals surface area contributed by atoms with Crippen LogP contribution < -0.4 is 5.32 Å². The molecule has 2 aromatic carbocycles. The molecule has 1 saturated heterocycles. The molecule has 0 saturated carbocycles. The SMILES string of the molecule is O=C(O)C1C2C=CC(O2)C1C(=O)Nc1ccc2ccccc2c1. The van der Waals surface area contributed by atoms with Crippen LogP contribution >= 0.6 is 0 Å². The van der Waals surface area contributed by atoms with E-state index in [0.29, 0.717) is 5.69 Å². The Labute approximate surface area is 132 Å². The topological polar surface area (TPSA) is 75.6 Å². The van der Waals surface area contributed by atoms with Gasteiger partial charge >= 0.3 is 5.97 Å². The lowest BCUT2D eigenvalue weighted by molar-refractivity contribution is -0.145. The first-order valence-corrected chi connectivity index (χ1v) is 7.50. The largest absolute Gasteiger partial charge is 0.481 e. The number of fused-ring (bicyclic) bond motifs is 3. The standard InChI is InChI=1S/C18H15NO4/c20-17(15-13-7-8-14(23-13)16(15)18(21)22)19-12-6-5-10-3-1-2-4-11(10)9-12/h1-9,13-16H,(H,19,20)(H,21,22). The molecule has 2 aromatic rings. The van der Waals surface area contributed by atoms with Gasteiger partial charge in [0.05, 0.1) is 18.1 Å². The van der Waals surface area contributed by atoms with E-state index in [1.807, 2.05) is 42.5 Å². The van der Waals surface area contributed by atoms with Crippen molar-refractivity contribution in [3.05, 3.63) is 54.6 Å². The van der Waals surface area contributed by atoms with E-state index in [0.717, 1.165) is 10.8 Å². The van der Waals surface area contributed by atoms with E-state index >= 15 is 0 Å². The minimum absolute atomic E-state index is 0.315. The highest BCUT2D eigenvalue weighted by atomic mass is 16.5. The Balaban J connectivity index is 1.59. The number of anilines is 1. The summed E-state index contributed by atoms with van der Waals surface area (Å²) in [5, 5.41) is 14.3. The average Bonchev–Trinajstić information content (AvgIpc) is 3.15. The minimum atomic E-state index is -1.000. The molecule has 0 spiro atoms. The summed E-state index contributed by atoms with van der Waals surface area (Å²) in [4.78, 5) is 24.0. The fraction of sp³-hybridized carbons (Fsp3) is 0.222. The van der Waals surface area contributed by atoms with Gasteiger partial charge in [-0.1, -0.05) is 42.5 Å². The van der Waals surface area contributed by atoms with E-state index < -0.39 is 30.0 Å². The van der Waals surface area contributed by atoms with Crippen LogP contribution in [-0.4, -0.2) is 29.2 Å². The molecule has 1 amide bonds. The Morgan fingerprint density at radius 1 is 0.957 bits per heavy atom. The number of carbonyl (C=O) groups is 2. The third kappa shape index (κ3) is 2.29. The molecule has 2 aliphatic rings. The molecule has 5 nitrogen and oxygen atoms in total. The quantitative estimate of drug-likeness (QED) is 0.854. The van der Waals surface area contributed by atoms with Crippen LogP contribution in [0, 0.1) is 11.8 Å². The summed E-state index contributed by atoms with van der Waals surface area (Å²) in [6, 6.07) is 13.5. The molecular formula is C18H15NO4. The molecule has 2 N–H and O–H groups in total. The highest BCUT2D eigenvalue weighted by Crippen LogP contribution is 2.39. The van der Waals surface area contributed by atoms with Gasteiger partial charge in [-0.05, 0) is 22.9 Å². The van der Waals surface area contributed by atoms with Crippen LogP contribution in [0.2, 0.25) is 0 Å². The van der Waals surface area contributed by atoms with Crippen LogP contribution in [0.15, 0.2) is 54.6 Å². The van der Waals surface area contributed by atoms with Gasteiger partial charge in [0, 0.05) is 5.69 Å². The molecule has 116 valence electrons.